The van der Waals surface area contributed by atoms with Crippen LogP contribution in [0.3, 0.4) is 0 Å². The monoisotopic (exact) mass is 417 g/mol. The fourth-order valence-electron chi connectivity index (χ4n) is 2.80. The molecule has 0 aliphatic heterocycles. The van der Waals surface area contributed by atoms with E-state index < -0.39 is 5.60 Å². The normalized spacial score (nSPS) is 20.3. The van der Waals surface area contributed by atoms with E-state index in [1.807, 2.05) is 46.8 Å². The minimum atomic E-state index is -0.563. The fraction of sp³-hybridized carbons (Fsp3) is 0.720. The summed E-state index contributed by atoms with van der Waals surface area (Å²) in [6, 6.07) is 3.81. The van der Waals surface area contributed by atoms with Crippen molar-refractivity contribution in [1.82, 2.24) is 4.98 Å². The summed E-state index contributed by atoms with van der Waals surface area (Å²) in [7, 11) is 0. The largest absolute Gasteiger partial charge is 0.489 e. The Kier molecular flexibility index (Phi) is 8.73. The molecule has 2 rings (SSSR count). The van der Waals surface area contributed by atoms with E-state index in [4.69, 9.17) is 18.9 Å². The molecule has 5 nitrogen and oxygen atoms in total. The highest BCUT2D eigenvalue weighted by atomic mass is 16.5. The molecule has 0 bridgehead atoms. The van der Waals surface area contributed by atoms with Gasteiger partial charge in [-0.2, -0.15) is 0 Å². The van der Waals surface area contributed by atoms with Crippen LogP contribution in [-0.4, -0.2) is 47.7 Å². The van der Waals surface area contributed by atoms with Crippen LogP contribution in [0.2, 0.25) is 0 Å². The molecule has 0 N–H and O–H groups in total. The van der Waals surface area contributed by atoms with E-state index in [9.17, 15) is 0 Å². The Morgan fingerprint density at radius 2 is 1.67 bits per heavy atom. The minimum absolute atomic E-state index is 0.160. The Morgan fingerprint density at radius 3 is 2.23 bits per heavy atom. The maximum atomic E-state index is 6.02. The number of aromatic nitrogens is 1. The van der Waals surface area contributed by atoms with Gasteiger partial charge >= 0.3 is 0 Å². The molecule has 1 aliphatic rings. The van der Waals surface area contributed by atoms with Crippen molar-refractivity contribution in [2.24, 2.45) is 5.92 Å². The van der Waals surface area contributed by atoms with Gasteiger partial charge in [-0.25, -0.2) is 4.98 Å². The molecule has 168 valence electrons. The van der Waals surface area contributed by atoms with Gasteiger partial charge in [-0.05, 0) is 65.5 Å². The van der Waals surface area contributed by atoms with E-state index in [0.29, 0.717) is 30.9 Å². The van der Waals surface area contributed by atoms with Gasteiger partial charge in [0.25, 0.3) is 0 Å². The lowest BCUT2D eigenvalue weighted by Crippen LogP contribution is -2.41. The Labute approximate surface area is 182 Å². The zero-order valence-corrected chi connectivity index (χ0v) is 20.0. The van der Waals surface area contributed by atoms with Gasteiger partial charge in [-0.15, -0.1) is 0 Å². The third-order valence-electron chi connectivity index (χ3n) is 5.01. The maximum Gasteiger partial charge on any atom is 0.138 e. The maximum absolute atomic E-state index is 6.02. The van der Waals surface area contributed by atoms with Gasteiger partial charge < -0.3 is 18.9 Å². The molecule has 0 aromatic carbocycles. The Bertz CT molecular complexity index is 703. The predicted octanol–water partition coefficient (Wildman–Crippen LogP) is 5.01. The van der Waals surface area contributed by atoms with Crippen LogP contribution in [0.4, 0.5) is 0 Å². The zero-order chi connectivity index (χ0) is 22.4. The quantitative estimate of drug-likeness (QED) is 0.417. The lowest BCUT2D eigenvalue weighted by Gasteiger charge is -2.37. The van der Waals surface area contributed by atoms with Crippen LogP contribution in [0.25, 0.3) is 0 Å². The second-order valence-electron chi connectivity index (χ2n) is 9.87. The van der Waals surface area contributed by atoms with Gasteiger partial charge in [0.1, 0.15) is 23.1 Å². The number of pyridine rings is 1. The molecule has 0 saturated heterocycles. The molecule has 1 saturated carbocycles. The number of hydrogen-bond acceptors (Lipinski definition) is 5. The van der Waals surface area contributed by atoms with Crippen molar-refractivity contribution in [3.05, 3.63) is 24.0 Å². The van der Waals surface area contributed by atoms with Crippen molar-refractivity contribution in [1.29, 1.82) is 0 Å². The van der Waals surface area contributed by atoms with Crippen molar-refractivity contribution < 1.29 is 18.9 Å². The standard InChI is InChI=1S/C25H39NO4/c1-18(2)19(3)29-22-15-23(16-22)30-21-10-9-20(26-17-21)11-12-25(7,8)28-14-13-27-24(4,5)6/h9-10,17-19,22-23H,13-16H2,1-8H3/t19-,22?,23?/m0/s1. The summed E-state index contributed by atoms with van der Waals surface area (Å²) in [4.78, 5) is 4.40. The Hall–Kier alpha value is -1.61. The molecule has 1 atom stereocenters. The van der Waals surface area contributed by atoms with Gasteiger partial charge in [0.05, 0.1) is 37.2 Å². The molecule has 0 spiro atoms. The van der Waals surface area contributed by atoms with E-state index in [1.54, 1.807) is 6.20 Å². The van der Waals surface area contributed by atoms with Gasteiger partial charge in [-0.1, -0.05) is 19.8 Å². The van der Waals surface area contributed by atoms with Gasteiger partial charge in [0.2, 0.25) is 0 Å². The summed E-state index contributed by atoms with van der Waals surface area (Å²) < 4.78 is 23.5. The molecule has 1 aliphatic carbocycles. The summed E-state index contributed by atoms with van der Waals surface area (Å²) in [6.45, 7) is 17.5. The summed E-state index contributed by atoms with van der Waals surface area (Å²) >= 11 is 0. The highest BCUT2D eigenvalue weighted by Gasteiger charge is 2.33. The minimum Gasteiger partial charge on any atom is -0.489 e. The van der Waals surface area contributed by atoms with Gasteiger partial charge in [-0.3, -0.25) is 0 Å². The highest BCUT2D eigenvalue weighted by Crippen LogP contribution is 2.29. The average molecular weight is 418 g/mol. The Balaban J connectivity index is 1.75. The third-order valence-corrected chi connectivity index (χ3v) is 5.01. The second kappa shape index (κ2) is 10.6. The number of ether oxygens (including phenoxy) is 4. The van der Waals surface area contributed by atoms with Gasteiger partial charge in [0.15, 0.2) is 0 Å². The predicted molar refractivity (Wildman–Crippen MR) is 120 cm³/mol. The first-order valence-electron chi connectivity index (χ1n) is 11.0. The molecule has 30 heavy (non-hydrogen) atoms. The lowest BCUT2D eigenvalue weighted by atomic mass is 9.91. The lowest BCUT2D eigenvalue weighted by molar-refractivity contribution is -0.103. The average Bonchev–Trinajstić information content (AvgIpc) is 2.62. The Morgan fingerprint density at radius 1 is 1.00 bits per heavy atom. The van der Waals surface area contributed by atoms with Crippen molar-refractivity contribution in [2.75, 3.05) is 13.2 Å². The van der Waals surface area contributed by atoms with E-state index >= 15 is 0 Å². The van der Waals surface area contributed by atoms with Crippen LogP contribution in [-0.2, 0) is 14.2 Å². The molecule has 1 heterocycles. The van der Waals surface area contributed by atoms with Crippen LogP contribution < -0.4 is 4.74 Å². The fourth-order valence-corrected chi connectivity index (χ4v) is 2.80. The van der Waals surface area contributed by atoms with Crippen LogP contribution >= 0.6 is 0 Å². The molecule has 0 amide bonds. The SMILES string of the molecule is CC(C)[C@H](C)OC1CC(Oc2ccc(C#CC(C)(C)OCCOC(C)(C)C)nc2)C1. The number of rotatable bonds is 9. The number of nitrogens with zero attached hydrogens (tertiary/aromatic N) is 1. The highest BCUT2D eigenvalue weighted by molar-refractivity contribution is 5.33. The molecule has 5 heteroatoms. The molecule has 1 fully saturated rings. The molecular formula is C25H39NO4. The number of hydrogen-bond donors (Lipinski definition) is 0. The van der Waals surface area contributed by atoms with Crippen LogP contribution in [0.5, 0.6) is 5.75 Å². The van der Waals surface area contributed by atoms with Crippen molar-refractivity contribution in [3.63, 3.8) is 0 Å². The van der Waals surface area contributed by atoms with Crippen LogP contribution in [0, 0.1) is 17.8 Å². The third kappa shape index (κ3) is 9.04. The van der Waals surface area contributed by atoms with E-state index in [-0.39, 0.29) is 17.8 Å². The van der Waals surface area contributed by atoms with Crippen LogP contribution in [0.1, 0.15) is 73.9 Å². The molecule has 1 aromatic rings. The van der Waals surface area contributed by atoms with E-state index in [0.717, 1.165) is 18.6 Å². The first kappa shape index (κ1) is 24.7. The summed E-state index contributed by atoms with van der Waals surface area (Å²) in [5.41, 5.74) is -0.0236. The smallest absolute Gasteiger partial charge is 0.138 e. The molecule has 1 aromatic heterocycles. The molecule has 0 radical (unpaired) electrons. The van der Waals surface area contributed by atoms with Crippen LogP contribution in [0.15, 0.2) is 18.3 Å². The van der Waals surface area contributed by atoms with Crippen molar-refractivity contribution in [3.8, 4) is 17.6 Å². The van der Waals surface area contributed by atoms with Gasteiger partial charge in [0, 0.05) is 12.8 Å². The molecular weight excluding hydrogens is 378 g/mol. The zero-order valence-electron chi connectivity index (χ0n) is 20.0. The first-order chi connectivity index (χ1) is 13.9. The second-order valence-corrected chi connectivity index (χ2v) is 9.87. The summed E-state index contributed by atoms with van der Waals surface area (Å²) in [5, 5.41) is 0. The topological polar surface area (TPSA) is 49.8 Å². The van der Waals surface area contributed by atoms with E-state index in [1.165, 1.54) is 0 Å². The molecule has 0 unspecified atom stereocenters. The van der Waals surface area contributed by atoms with Crippen molar-refractivity contribution >= 4 is 0 Å². The first-order valence-corrected chi connectivity index (χ1v) is 11.0. The summed E-state index contributed by atoms with van der Waals surface area (Å²) in [5.74, 6) is 7.54. The van der Waals surface area contributed by atoms with Crippen molar-refractivity contribution in [2.45, 2.75) is 97.7 Å². The summed E-state index contributed by atoms with van der Waals surface area (Å²) in [6.07, 6.45) is 4.40. The van der Waals surface area contributed by atoms with E-state index in [2.05, 4.69) is 37.6 Å².